The van der Waals surface area contributed by atoms with Gasteiger partial charge in [0.2, 0.25) is 0 Å². The van der Waals surface area contributed by atoms with Crippen LogP contribution in [0.3, 0.4) is 0 Å². The number of hydrogen-bond donors (Lipinski definition) is 1. The second kappa shape index (κ2) is 9.57. The summed E-state index contributed by atoms with van der Waals surface area (Å²) in [6.07, 6.45) is 9.41. The standard InChI is InChI=1S/C28H31FN2OS/c1-7-25(23(14-20-9-10-20)21-11-8-16(2)24(29)15-21)30-28-31-27(19(5)33-28)22-12-18(4)26(32-6)13-17(22)3/h1,8,11-13,15,20,23,25H,9-10,14H2,2-6H3,(H,30,31). The van der Waals surface area contributed by atoms with Crippen molar-refractivity contribution in [1.29, 1.82) is 0 Å². The van der Waals surface area contributed by atoms with Crippen LogP contribution in [0.2, 0.25) is 0 Å². The number of nitrogens with zero attached hydrogens (tertiary/aromatic N) is 1. The smallest absolute Gasteiger partial charge is 0.184 e. The lowest BCUT2D eigenvalue weighted by Crippen LogP contribution is -2.26. The number of ether oxygens (including phenoxy) is 1. The van der Waals surface area contributed by atoms with E-state index < -0.39 is 0 Å². The molecular weight excluding hydrogens is 431 g/mol. The molecule has 1 fully saturated rings. The summed E-state index contributed by atoms with van der Waals surface area (Å²) in [6.45, 7) is 7.99. The van der Waals surface area contributed by atoms with Gasteiger partial charge in [0, 0.05) is 16.4 Å². The Morgan fingerprint density at radius 2 is 1.91 bits per heavy atom. The number of nitrogens with one attached hydrogen (secondary N) is 1. The summed E-state index contributed by atoms with van der Waals surface area (Å²) >= 11 is 1.61. The summed E-state index contributed by atoms with van der Waals surface area (Å²) in [6, 6.07) is 9.43. The highest BCUT2D eigenvalue weighted by Crippen LogP contribution is 2.42. The van der Waals surface area contributed by atoms with Crippen LogP contribution in [0.15, 0.2) is 30.3 Å². The van der Waals surface area contributed by atoms with E-state index in [9.17, 15) is 4.39 Å². The lowest BCUT2D eigenvalue weighted by molar-refractivity contribution is 0.411. The molecule has 5 heteroatoms. The van der Waals surface area contributed by atoms with Gasteiger partial charge in [-0.15, -0.1) is 17.8 Å². The van der Waals surface area contributed by atoms with Gasteiger partial charge in [0.25, 0.3) is 0 Å². The highest BCUT2D eigenvalue weighted by molar-refractivity contribution is 7.16. The third-order valence-electron chi connectivity index (χ3n) is 6.56. The third kappa shape index (κ3) is 5.07. The van der Waals surface area contributed by atoms with Crippen molar-refractivity contribution in [1.82, 2.24) is 4.98 Å². The lowest BCUT2D eigenvalue weighted by Gasteiger charge is -2.25. The van der Waals surface area contributed by atoms with E-state index in [0.29, 0.717) is 11.5 Å². The van der Waals surface area contributed by atoms with Crippen molar-refractivity contribution in [3.8, 4) is 29.4 Å². The Labute approximate surface area is 200 Å². The van der Waals surface area contributed by atoms with Crippen molar-refractivity contribution in [3.63, 3.8) is 0 Å². The van der Waals surface area contributed by atoms with Crippen LogP contribution in [-0.4, -0.2) is 18.1 Å². The predicted molar refractivity (Wildman–Crippen MR) is 136 cm³/mol. The maximum atomic E-state index is 14.4. The minimum atomic E-state index is -0.259. The molecule has 1 N–H and O–H groups in total. The van der Waals surface area contributed by atoms with Crippen LogP contribution in [0.5, 0.6) is 5.75 Å². The summed E-state index contributed by atoms with van der Waals surface area (Å²) in [4.78, 5) is 6.05. The first kappa shape index (κ1) is 23.3. The van der Waals surface area contributed by atoms with E-state index in [-0.39, 0.29) is 17.8 Å². The van der Waals surface area contributed by atoms with Gasteiger partial charge in [0.15, 0.2) is 5.13 Å². The molecule has 0 spiro atoms. The molecule has 3 aromatic rings. The molecule has 1 saturated carbocycles. The maximum Gasteiger partial charge on any atom is 0.184 e. The zero-order chi connectivity index (χ0) is 23.7. The number of halogens is 1. The topological polar surface area (TPSA) is 34.2 Å². The van der Waals surface area contributed by atoms with E-state index in [4.69, 9.17) is 16.1 Å². The quantitative estimate of drug-likeness (QED) is 0.360. The molecule has 0 amide bonds. The van der Waals surface area contributed by atoms with E-state index in [1.54, 1.807) is 31.4 Å². The van der Waals surface area contributed by atoms with Gasteiger partial charge in [-0.2, -0.15) is 0 Å². The summed E-state index contributed by atoms with van der Waals surface area (Å²) in [5, 5.41) is 4.30. The fourth-order valence-electron chi connectivity index (χ4n) is 4.38. The van der Waals surface area contributed by atoms with Crippen LogP contribution in [-0.2, 0) is 0 Å². The van der Waals surface area contributed by atoms with Crippen molar-refractivity contribution < 1.29 is 9.13 Å². The largest absolute Gasteiger partial charge is 0.496 e. The summed E-state index contributed by atoms with van der Waals surface area (Å²) in [5.41, 5.74) is 5.86. The van der Waals surface area contributed by atoms with Gasteiger partial charge in [0.05, 0.1) is 18.8 Å². The van der Waals surface area contributed by atoms with E-state index in [0.717, 1.165) is 50.1 Å². The molecule has 4 rings (SSSR count). The fraction of sp³-hybridized carbons (Fsp3) is 0.393. The van der Waals surface area contributed by atoms with Gasteiger partial charge >= 0.3 is 0 Å². The monoisotopic (exact) mass is 462 g/mol. The van der Waals surface area contributed by atoms with Crippen LogP contribution >= 0.6 is 11.3 Å². The molecule has 1 aliphatic rings. The van der Waals surface area contributed by atoms with Gasteiger partial charge in [0.1, 0.15) is 11.6 Å². The summed E-state index contributed by atoms with van der Waals surface area (Å²) in [5.74, 6) is 4.34. The van der Waals surface area contributed by atoms with Crippen LogP contribution in [0.1, 0.15) is 52.3 Å². The molecule has 0 saturated heterocycles. The van der Waals surface area contributed by atoms with E-state index in [1.165, 1.54) is 12.8 Å². The maximum absolute atomic E-state index is 14.4. The molecule has 0 aliphatic heterocycles. The lowest BCUT2D eigenvalue weighted by atomic mass is 9.86. The highest BCUT2D eigenvalue weighted by Gasteiger charge is 2.31. The van der Waals surface area contributed by atoms with Crippen LogP contribution in [0, 0.1) is 51.8 Å². The average Bonchev–Trinajstić information content (AvgIpc) is 3.54. The first-order valence-electron chi connectivity index (χ1n) is 11.4. The Bertz CT molecular complexity index is 1210. The van der Waals surface area contributed by atoms with E-state index >= 15 is 0 Å². The number of aromatic nitrogens is 1. The van der Waals surface area contributed by atoms with Crippen molar-refractivity contribution in [2.45, 2.75) is 58.9 Å². The molecule has 172 valence electrons. The molecule has 1 aromatic heterocycles. The zero-order valence-corrected chi connectivity index (χ0v) is 20.8. The summed E-state index contributed by atoms with van der Waals surface area (Å²) in [7, 11) is 1.69. The first-order valence-corrected chi connectivity index (χ1v) is 12.2. The number of thiazole rings is 1. The molecule has 2 atom stereocenters. The molecule has 1 aliphatic carbocycles. The Morgan fingerprint density at radius 3 is 2.55 bits per heavy atom. The van der Waals surface area contributed by atoms with Crippen molar-refractivity contribution in [3.05, 3.63) is 63.3 Å². The van der Waals surface area contributed by atoms with E-state index in [2.05, 4.69) is 37.2 Å². The highest BCUT2D eigenvalue weighted by atomic mass is 32.1. The first-order chi connectivity index (χ1) is 15.8. The molecule has 33 heavy (non-hydrogen) atoms. The second-order valence-electron chi connectivity index (χ2n) is 9.14. The molecule has 3 nitrogen and oxygen atoms in total. The Balaban J connectivity index is 1.63. The van der Waals surface area contributed by atoms with E-state index in [1.807, 2.05) is 19.1 Å². The van der Waals surface area contributed by atoms with Crippen LogP contribution in [0.4, 0.5) is 9.52 Å². The fourth-order valence-corrected chi connectivity index (χ4v) is 5.25. The normalized spacial score (nSPS) is 15.1. The van der Waals surface area contributed by atoms with Gasteiger partial charge in [-0.25, -0.2) is 9.37 Å². The number of hydrogen-bond acceptors (Lipinski definition) is 4. The van der Waals surface area contributed by atoms with Crippen molar-refractivity contribution in [2.75, 3.05) is 12.4 Å². The molecule has 2 unspecified atom stereocenters. The number of aryl methyl sites for hydroxylation is 4. The minimum absolute atomic E-state index is 0.0372. The number of anilines is 1. The van der Waals surface area contributed by atoms with Gasteiger partial charge in [-0.05, 0) is 80.5 Å². The van der Waals surface area contributed by atoms with Crippen LogP contribution < -0.4 is 10.1 Å². The predicted octanol–water partition coefficient (Wildman–Crippen LogP) is 7.19. The number of methoxy groups -OCH3 is 1. The number of rotatable bonds is 8. The average molecular weight is 463 g/mol. The summed E-state index contributed by atoms with van der Waals surface area (Å²) < 4.78 is 19.8. The zero-order valence-electron chi connectivity index (χ0n) is 20.0. The third-order valence-corrected chi connectivity index (χ3v) is 7.46. The minimum Gasteiger partial charge on any atom is -0.496 e. The molecule has 1 heterocycles. The second-order valence-corrected chi connectivity index (χ2v) is 10.3. The number of terminal acetylenes is 1. The molecule has 0 bridgehead atoms. The Hall–Kier alpha value is -2.84. The molecule has 0 radical (unpaired) electrons. The Kier molecular flexibility index (Phi) is 6.76. The Morgan fingerprint density at radius 1 is 1.15 bits per heavy atom. The van der Waals surface area contributed by atoms with Crippen molar-refractivity contribution >= 4 is 16.5 Å². The molecule has 2 aromatic carbocycles. The molecular formula is C28H31FN2OS. The number of benzene rings is 2. The van der Waals surface area contributed by atoms with Crippen LogP contribution in [0.25, 0.3) is 11.3 Å². The van der Waals surface area contributed by atoms with Gasteiger partial charge < -0.3 is 10.1 Å². The SMILES string of the molecule is C#CC(Nc1nc(-c2cc(C)c(OC)cc2C)c(C)s1)C(CC1CC1)c1ccc(C)c(F)c1. The van der Waals surface area contributed by atoms with Gasteiger partial charge in [-0.3, -0.25) is 0 Å². The van der Waals surface area contributed by atoms with Crippen molar-refractivity contribution in [2.24, 2.45) is 5.92 Å². The van der Waals surface area contributed by atoms with Gasteiger partial charge in [-0.1, -0.05) is 30.9 Å².